The van der Waals surface area contributed by atoms with E-state index in [9.17, 15) is 9.50 Å². The summed E-state index contributed by atoms with van der Waals surface area (Å²) in [7, 11) is 0. The Labute approximate surface area is 121 Å². The Hall–Kier alpha value is -1.59. The summed E-state index contributed by atoms with van der Waals surface area (Å²) in [6.07, 6.45) is 7.01. The Kier molecular flexibility index (Phi) is 3.40. The van der Waals surface area contributed by atoms with Crippen LogP contribution in [0.5, 0.6) is 0 Å². The van der Waals surface area contributed by atoms with Gasteiger partial charge in [0.05, 0.1) is 17.2 Å². The first-order valence-corrected chi connectivity index (χ1v) is 7.19. The van der Waals surface area contributed by atoms with E-state index in [1.807, 2.05) is 10.8 Å². The van der Waals surface area contributed by atoms with E-state index in [4.69, 9.17) is 0 Å². The van der Waals surface area contributed by atoms with Crippen LogP contribution in [0.25, 0.3) is 0 Å². The molecule has 1 aliphatic heterocycles. The molecule has 0 spiro atoms. The monoisotopic (exact) mass is 290 g/mol. The zero-order chi connectivity index (χ0) is 14.2. The van der Waals surface area contributed by atoms with Gasteiger partial charge in [-0.25, -0.2) is 9.37 Å². The fraction of sp³-hybridized carbons (Fsp3) is 0.267. The van der Waals surface area contributed by atoms with Crippen LogP contribution in [0.3, 0.4) is 0 Å². The van der Waals surface area contributed by atoms with Gasteiger partial charge in [-0.05, 0) is 30.2 Å². The molecule has 2 atom stereocenters. The fourth-order valence-corrected chi connectivity index (χ4v) is 4.17. The average molecular weight is 290 g/mol. The summed E-state index contributed by atoms with van der Waals surface area (Å²) in [4.78, 5) is 4.96. The van der Waals surface area contributed by atoms with Gasteiger partial charge < -0.3 is 9.67 Å². The molecule has 104 valence electrons. The van der Waals surface area contributed by atoms with Gasteiger partial charge in [-0.2, -0.15) is 0 Å². The van der Waals surface area contributed by atoms with Crippen molar-refractivity contribution in [2.75, 3.05) is 0 Å². The molecule has 1 aromatic carbocycles. The molecule has 1 N–H and O–H groups in total. The lowest BCUT2D eigenvalue weighted by molar-refractivity contribution is 0.123. The first kappa shape index (κ1) is 13.4. The second-order valence-electron chi connectivity index (χ2n) is 4.98. The van der Waals surface area contributed by atoms with E-state index in [0.29, 0.717) is 18.5 Å². The van der Waals surface area contributed by atoms with Gasteiger partial charge in [0.2, 0.25) is 0 Å². The molecule has 2 unspecified atom stereocenters. The summed E-state index contributed by atoms with van der Waals surface area (Å²) >= 11 is 1.59. The Morgan fingerprint density at radius 3 is 3.10 bits per heavy atom. The molecule has 0 radical (unpaired) electrons. The minimum absolute atomic E-state index is 0.319. The van der Waals surface area contributed by atoms with E-state index in [1.165, 1.54) is 12.1 Å². The van der Waals surface area contributed by atoms with Crippen LogP contribution in [0, 0.1) is 5.82 Å². The number of aliphatic hydroxyl groups excluding tert-OH is 1. The Morgan fingerprint density at radius 2 is 2.40 bits per heavy atom. The number of rotatable bonds is 4. The quantitative estimate of drug-likeness (QED) is 0.879. The smallest absolute Gasteiger partial charge is 0.123 e. The first-order valence-electron chi connectivity index (χ1n) is 6.38. The summed E-state index contributed by atoms with van der Waals surface area (Å²) in [6, 6.07) is 4.59. The van der Waals surface area contributed by atoms with Gasteiger partial charge in [0.25, 0.3) is 0 Å². The lowest BCUT2D eigenvalue weighted by atomic mass is 9.92. The van der Waals surface area contributed by atoms with Gasteiger partial charge in [0, 0.05) is 23.8 Å². The largest absolute Gasteiger partial charge is 0.387 e. The van der Waals surface area contributed by atoms with Crippen molar-refractivity contribution in [1.29, 1.82) is 0 Å². The highest BCUT2D eigenvalue weighted by molar-refractivity contribution is 8.01. The van der Waals surface area contributed by atoms with E-state index in [2.05, 4.69) is 11.6 Å². The SMILES string of the molecule is C=CCC1(Cn2ccnc2)Sc2ccc(F)cc2C1O. The first-order chi connectivity index (χ1) is 9.64. The maximum Gasteiger partial charge on any atom is 0.123 e. The molecule has 0 fully saturated rings. The van der Waals surface area contributed by atoms with Crippen LogP contribution in [0.4, 0.5) is 4.39 Å². The van der Waals surface area contributed by atoms with Crippen molar-refractivity contribution in [3.05, 3.63) is 61.0 Å². The summed E-state index contributed by atoms with van der Waals surface area (Å²) in [5.74, 6) is -0.319. The molecule has 0 bridgehead atoms. The molecule has 0 amide bonds. The number of fused-ring (bicyclic) bond motifs is 1. The lowest BCUT2D eigenvalue weighted by Gasteiger charge is -2.31. The van der Waals surface area contributed by atoms with Gasteiger partial charge in [-0.3, -0.25) is 0 Å². The van der Waals surface area contributed by atoms with E-state index in [-0.39, 0.29) is 5.82 Å². The summed E-state index contributed by atoms with van der Waals surface area (Å²) in [5, 5.41) is 10.7. The van der Waals surface area contributed by atoms with Crippen LogP contribution in [0.15, 0.2) is 54.5 Å². The van der Waals surface area contributed by atoms with E-state index >= 15 is 0 Å². The number of aliphatic hydroxyl groups is 1. The molecule has 5 heteroatoms. The number of hydrogen-bond acceptors (Lipinski definition) is 3. The Morgan fingerprint density at radius 1 is 1.55 bits per heavy atom. The number of halogens is 1. The van der Waals surface area contributed by atoms with Crippen molar-refractivity contribution in [2.45, 2.75) is 28.7 Å². The second-order valence-corrected chi connectivity index (χ2v) is 6.44. The number of hydrogen-bond donors (Lipinski definition) is 1. The molecule has 3 nitrogen and oxygen atoms in total. The van der Waals surface area contributed by atoms with Crippen LogP contribution in [-0.2, 0) is 6.54 Å². The Bertz CT molecular complexity index is 629. The molecule has 0 saturated carbocycles. The minimum Gasteiger partial charge on any atom is -0.387 e. The van der Waals surface area contributed by atoms with Crippen molar-refractivity contribution in [2.24, 2.45) is 0 Å². The average Bonchev–Trinajstić information content (AvgIpc) is 3.00. The third-order valence-electron chi connectivity index (χ3n) is 3.58. The highest BCUT2D eigenvalue weighted by Crippen LogP contribution is 2.54. The zero-order valence-electron chi connectivity index (χ0n) is 10.9. The molecule has 0 saturated heterocycles. The predicted octanol–water partition coefficient (Wildman–Crippen LogP) is 3.18. The second kappa shape index (κ2) is 5.07. The van der Waals surface area contributed by atoms with Gasteiger partial charge in [-0.15, -0.1) is 18.3 Å². The molecule has 0 aliphatic carbocycles. The number of nitrogens with zero attached hydrogens (tertiary/aromatic N) is 2. The van der Waals surface area contributed by atoms with Crippen molar-refractivity contribution in [1.82, 2.24) is 9.55 Å². The van der Waals surface area contributed by atoms with Crippen LogP contribution < -0.4 is 0 Å². The molecule has 1 aromatic heterocycles. The van der Waals surface area contributed by atoms with Gasteiger partial charge in [-0.1, -0.05) is 6.08 Å². The van der Waals surface area contributed by atoms with Crippen LogP contribution >= 0.6 is 11.8 Å². The molecular weight excluding hydrogens is 275 g/mol. The summed E-state index contributed by atoms with van der Waals surface area (Å²) < 4.78 is 14.9. The van der Waals surface area contributed by atoms with Crippen molar-refractivity contribution >= 4 is 11.8 Å². The Balaban J connectivity index is 1.98. The summed E-state index contributed by atoms with van der Waals surface area (Å²) in [5.41, 5.74) is 0.664. The minimum atomic E-state index is -0.724. The van der Waals surface area contributed by atoms with Crippen molar-refractivity contribution in [3.8, 4) is 0 Å². The normalized spacial score (nSPS) is 24.6. The summed E-state index contributed by atoms with van der Waals surface area (Å²) in [6.45, 7) is 4.39. The molecule has 20 heavy (non-hydrogen) atoms. The van der Waals surface area contributed by atoms with Crippen molar-refractivity contribution < 1.29 is 9.50 Å². The fourth-order valence-electron chi connectivity index (χ4n) is 2.65. The third-order valence-corrected chi connectivity index (χ3v) is 5.09. The van der Waals surface area contributed by atoms with Gasteiger partial charge in [0.1, 0.15) is 5.82 Å². The van der Waals surface area contributed by atoms with Crippen molar-refractivity contribution in [3.63, 3.8) is 0 Å². The predicted molar refractivity (Wildman–Crippen MR) is 77.0 cm³/mol. The number of thioether (sulfide) groups is 1. The molecule has 2 aromatic rings. The third kappa shape index (κ3) is 2.17. The zero-order valence-corrected chi connectivity index (χ0v) is 11.7. The molecular formula is C15H15FN2OS. The lowest BCUT2D eigenvalue weighted by Crippen LogP contribution is -2.33. The highest BCUT2D eigenvalue weighted by Gasteiger charge is 2.46. The topological polar surface area (TPSA) is 38.0 Å². The van der Waals surface area contributed by atoms with E-state index < -0.39 is 10.9 Å². The molecule has 3 rings (SSSR count). The van der Waals surface area contributed by atoms with Crippen LogP contribution in [-0.4, -0.2) is 19.4 Å². The maximum atomic E-state index is 13.4. The molecule has 2 heterocycles. The number of imidazole rings is 1. The maximum absolute atomic E-state index is 13.4. The number of allylic oxidation sites excluding steroid dienone is 1. The number of aromatic nitrogens is 2. The van der Waals surface area contributed by atoms with E-state index in [1.54, 1.807) is 36.4 Å². The van der Waals surface area contributed by atoms with E-state index in [0.717, 1.165) is 4.90 Å². The van der Waals surface area contributed by atoms with Crippen LogP contribution in [0.2, 0.25) is 0 Å². The molecule has 1 aliphatic rings. The van der Waals surface area contributed by atoms with Crippen LogP contribution in [0.1, 0.15) is 18.1 Å². The number of benzene rings is 1. The van der Waals surface area contributed by atoms with Gasteiger partial charge >= 0.3 is 0 Å². The highest BCUT2D eigenvalue weighted by atomic mass is 32.2. The van der Waals surface area contributed by atoms with Gasteiger partial charge in [0.15, 0.2) is 0 Å². The standard InChI is InChI=1S/C15H15FN2OS/c1-2-5-15(9-18-7-6-17-10-18)14(19)12-8-11(16)3-4-13(12)20-15/h2-4,6-8,10,14,19H,1,5,9H2.